The fourth-order valence-corrected chi connectivity index (χ4v) is 2.35. The molecular formula is C12H16N4O3. The first-order valence-corrected chi connectivity index (χ1v) is 6.11. The molecule has 0 N–H and O–H groups in total. The molecule has 7 heteroatoms. The second-order valence-corrected chi connectivity index (χ2v) is 4.92. The van der Waals surface area contributed by atoms with E-state index in [-0.39, 0.29) is 23.3 Å². The smallest absolute Gasteiger partial charge is 0.300 e. The first kappa shape index (κ1) is 13.3. The minimum Gasteiger partial charge on any atom is -0.365 e. The summed E-state index contributed by atoms with van der Waals surface area (Å²) in [6.45, 7) is 8.23. The van der Waals surface area contributed by atoms with Crippen molar-refractivity contribution in [2.75, 3.05) is 4.90 Å². The molecule has 0 spiro atoms. The molecule has 2 aromatic rings. The number of rotatable bonds is 4. The summed E-state index contributed by atoms with van der Waals surface area (Å²) in [5.41, 5.74) is 1.32. The summed E-state index contributed by atoms with van der Waals surface area (Å²) in [7, 11) is 0. The van der Waals surface area contributed by atoms with Crippen molar-refractivity contribution < 1.29 is 9.55 Å². The van der Waals surface area contributed by atoms with Gasteiger partial charge in [-0.1, -0.05) is 0 Å². The molecule has 0 amide bonds. The van der Waals surface area contributed by atoms with E-state index in [4.69, 9.17) is 0 Å². The maximum Gasteiger partial charge on any atom is 0.300 e. The molecule has 0 bridgehead atoms. The van der Waals surface area contributed by atoms with Crippen LogP contribution in [-0.2, 0) is 0 Å². The summed E-state index contributed by atoms with van der Waals surface area (Å²) in [5, 5.41) is 18.4. The number of fused-ring (bicyclic) bond motifs is 1. The molecule has 0 radical (unpaired) electrons. The van der Waals surface area contributed by atoms with Gasteiger partial charge < -0.3 is 4.90 Å². The molecule has 7 nitrogen and oxygen atoms in total. The number of nitrogens with zero attached hydrogens (tertiary/aromatic N) is 4. The van der Waals surface area contributed by atoms with E-state index in [1.54, 1.807) is 6.07 Å². The summed E-state index contributed by atoms with van der Waals surface area (Å²) < 4.78 is 4.67. The van der Waals surface area contributed by atoms with Crippen LogP contribution in [0.5, 0.6) is 0 Å². The van der Waals surface area contributed by atoms with Gasteiger partial charge in [0.15, 0.2) is 5.52 Å². The lowest BCUT2D eigenvalue weighted by Gasteiger charge is -2.32. The number of benzene rings is 1. The predicted molar refractivity (Wildman–Crippen MR) is 71.2 cm³/mol. The van der Waals surface area contributed by atoms with Crippen molar-refractivity contribution in [3.8, 4) is 0 Å². The molecule has 1 aromatic heterocycles. The molecule has 0 aliphatic rings. The van der Waals surface area contributed by atoms with Crippen molar-refractivity contribution in [1.29, 1.82) is 0 Å². The van der Waals surface area contributed by atoms with Crippen LogP contribution >= 0.6 is 0 Å². The summed E-state index contributed by atoms with van der Waals surface area (Å²) in [6, 6.07) is 3.62. The zero-order chi connectivity index (χ0) is 14.2. The number of hydrogen-bond donors (Lipinski definition) is 0. The van der Waals surface area contributed by atoms with E-state index in [1.165, 1.54) is 6.07 Å². The van der Waals surface area contributed by atoms with Crippen LogP contribution in [0.15, 0.2) is 16.8 Å². The number of non-ortho nitro benzene ring substituents is 1. The van der Waals surface area contributed by atoms with Crippen molar-refractivity contribution >= 4 is 22.4 Å². The van der Waals surface area contributed by atoms with Crippen LogP contribution in [0.3, 0.4) is 0 Å². The summed E-state index contributed by atoms with van der Waals surface area (Å²) in [6.07, 6.45) is 0. The minimum atomic E-state index is -0.481. The molecule has 0 aliphatic heterocycles. The Labute approximate surface area is 110 Å². The normalized spacial score (nSPS) is 11.5. The van der Waals surface area contributed by atoms with Gasteiger partial charge in [0, 0.05) is 18.2 Å². The minimum absolute atomic E-state index is 0.0903. The molecule has 1 aromatic carbocycles. The molecule has 0 saturated heterocycles. The maximum atomic E-state index is 10.9. The van der Waals surface area contributed by atoms with Gasteiger partial charge >= 0.3 is 5.69 Å². The van der Waals surface area contributed by atoms with Crippen molar-refractivity contribution in [2.24, 2.45) is 0 Å². The average Bonchev–Trinajstić information content (AvgIpc) is 2.76. The van der Waals surface area contributed by atoms with Crippen molar-refractivity contribution in [3.05, 3.63) is 22.2 Å². The monoisotopic (exact) mass is 264 g/mol. The van der Waals surface area contributed by atoms with Gasteiger partial charge in [-0.3, -0.25) is 10.1 Å². The number of nitro benzene ring substituents is 1. The Balaban J connectivity index is 2.66. The number of nitro groups is 1. The third-order valence-corrected chi connectivity index (χ3v) is 2.96. The third-order valence-electron chi connectivity index (χ3n) is 2.96. The first-order valence-electron chi connectivity index (χ1n) is 6.11. The number of anilines is 1. The average molecular weight is 264 g/mol. The molecular weight excluding hydrogens is 248 g/mol. The Kier molecular flexibility index (Phi) is 3.37. The Morgan fingerprint density at radius 3 is 2.26 bits per heavy atom. The van der Waals surface area contributed by atoms with Gasteiger partial charge in [-0.2, -0.15) is 0 Å². The van der Waals surface area contributed by atoms with Crippen LogP contribution in [0.1, 0.15) is 27.7 Å². The molecule has 0 atom stereocenters. The van der Waals surface area contributed by atoms with Gasteiger partial charge in [0.1, 0.15) is 0 Å². The summed E-state index contributed by atoms with van der Waals surface area (Å²) in [4.78, 5) is 12.6. The second kappa shape index (κ2) is 4.83. The summed E-state index contributed by atoms with van der Waals surface area (Å²) >= 11 is 0. The fraction of sp³-hybridized carbons (Fsp3) is 0.500. The van der Waals surface area contributed by atoms with Crippen LogP contribution in [0, 0.1) is 10.1 Å². The lowest BCUT2D eigenvalue weighted by molar-refractivity contribution is -0.383. The molecule has 0 saturated carbocycles. The third kappa shape index (κ3) is 2.23. The molecule has 102 valence electrons. The molecule has 0 aliphatic carbocycles. The van der Waals surface area contributed by atoms with E-state index >= 15 is 0 Å². The molecule has 0 fully saturated rings. The van der Waals surface area contributed by atoms with Crippen LogP contribution in [0.25, 0.3) is 11.0 Å². The zero-order valence-electron chi connectivity index (χ0n) is 11.3. The van der Waals surface area contributed by atoms with E-state index in [9.17, 15) is 10.1 Å². The number of hydrogen-bond acceptors (Lipinski definition) is 6. The zero-order valence-corrected chi connectivity index (χ0v) is 11.3. The van der Waals surface area contributed by atoms with Crippen LogP contribution in [0.2, 0.25) is 0 Å². The second-order valence-electron chi connectivity index (χ2n) is 4.92. The van der Waals surface area contributed by atoms with E-state index < -0.39 is 4.92 Å². The van der Waals surface area contributed by atoms with Crippen LogP contribution in [0.4, 0.5) is 11.4 Å². The fourth-order valence-electron chi connectivity index (χ4n) is 2.35. The van der Waals surface area contributed by atoms with Crippen molar-refractivity contribution in [2.45, 2.75) is 39.8 Å². The van der Waals surface area contributed by atoms with Gasteiger partial charge in [-0.05, 0) is 44.1 Å². The number of aromatic nitrogens is 2. The SMILES string of the molecule is CC(C)N(c1ccc([N+](=O)[O-])c2nonc12)C(C)C. The van der Waals surface area contributed by atoms with Gasteiger partial charge in [0.05, 0.1) is 10.6 Å². The van der Waals surface area contributed by atoms with Crippen molar-refractivity contribution in [1.82, 2.24) is 10.3 Å². The highest BCUT2D eigenvalue weighted by Crippen LogP contribution is 2.32. The van der Waals surface area contributed by atoms with Crippen LogP contribution in [-0.4, -0.2) is 27.3 Å². The first-order chi connectivity index (χ1) is 8.93. The van der Waals surface area contributed by atoms with E-state index in [0.717, 1.165) is 5.69 Å². The topological polar surface area (TPSA) is 85.3 Å². The molecule has 2 rings (SSSR count). The quantitative estimate of drug-likeness (QED) is 0.623. The lowest BCUT2D eigenvalue weighted by Crippen LogP contribution is -2.37. The maximum absolute atomic E-state index is 10.9. The highest BCUT2D eigenvalue weighted by Gasteiger charge is 2.24. The van der Waals surface area contributed by atoms with Gasteiger partial charge in [0.2, 0.25) is 5.52 Å². The largest absolute Gasteiger partial charge is 0.365 e. The molecule has 19 heavy (non-hydrogen) atoms. The van der Waals surface area contributed by atoms with E-state index in [0.29, 0.717) is 5.52 Å². The Hall–Kier alpha value is -2.18. The van der Waals surface area contributed by atoms with Gasteiger partial charge in [-0.25, -0.2) is 4.63 Å². The highest BCUT2D eigenvalue weighted by molar-refractivity contribution is 5.94. The predicted octanol–water partition coefficient (Wildman–Crippen LogP) is 2.75. The Morgan fingerprint density at radius 2 is 1.74 bits per heavy atom. The van der Waals surface area contributed by atoms with Crippen LogP contribution < -0.4 is 4.90 Å². The molecule has 0 unspecified atom stereocenters. The van der Waals surface area contributed by atoms with Crippen molar-refractivity contribution in [3.63, 3.8) is 0 Å². The lowest BCUT2D eigenvalue weighted by atomic mass is 10.1. The van der Waals surface area contributed by atoms with E-state index in [1.807, 2.05) is 0 Å². The summed E-state index contributed by atoms with van der Waals surface area (Å²) in [5.74, 6) is 0. The highest BCUT2D eigenvalue weighted by atomic mass is 16.6. The molecule has 1 heterocycles. The Bertz CT molecular complexity index is 598. The van der Waals surface area contributed by atoms with Gasteiger partial charge in [0.25, 0.3) is 0 Å². The Morgan fingerprint density at radius 1 is 1.16 bits per heavy atom. The van der Waals surface area contributed by atoms with E-state index in [2.05, 4.69) is 47.5 Å². The van der Waals surface area contributed by atoms with Gasteiger partial charge in [-0.15, -0.1) is 0 Å². The standard InChI is InChI=1S/C12H16N4O3/c1-7(2)15(8(3)4)9-5-6-10(16(17)18)12-11(9)13-19-14-12/h5-8H,1-4H3.